The second-order valence-electron chi connectivity index (χ2n) is 6.15. The monoisotopic (exact) mass is 311 g/mol. The maximum Gasteiger partial charge on any atom is 0.180 e. The summed E-state index contributed by atoms with van der Waals surface area (Å²) in [7, 11) is 3.57. The van der Waals surface area contributed by atoms with Gasteiger partial charge in [0.25, 0.3) is 0 Å². The van der Waals surface area contributed by atoms with Gasteiger partial charge in [0.1, 0.15) is 0 Å². The number of halogens is 1. The van der Waals surface area contributed by atoms with Gasteiger partial charge in [-0.2, -0.15) is 0 Å². The number of ether oxygens (including phenoxy) is 2. The van der Waals surface area contributed by atoms with Crippen LogP contribution in [0.1, 0.15) is 38.7 Å². The van der Waals surface area contributed by atoms with Crippen LogP contribution in [-0.4, -0.2) is 20.3 Å². The van der Waals surface area contributed by atoms with Crippen molar-refractivity contribution in [3.05, 3.63) is 22.7 Å². The van der Waals surface area contributed by atoms with E-state index in [1.54, 1.807) is 7.11 Å². The molecule has 0 saturated heterocycles. The van der Waals surface area contributed by atoms with E-state index in [4.69, 9.17) is 21.1 Å². The smallest absolute Gasteiger partial charge is 0.180 e. The number of nitrogens with one attached hydrogen (secondary N) is 1. The lowest BCUT2D eigenvalue weighted by molar-refractivity contribution is 0.0977. The zero-order valence-corrected chi connectivity index (χ0v) is 14.2. The molecule has 1 aliphatic carbocycles. The second kappa shape index (κ2) is 7.37. The van der Waals surface area contributed by atoms with Crippen molar-refractivity contribution < 1.29 is 9.47 Å². The summed E-state index contributed by atoms with van der Waals surface area (Å²) in [5.41, 5.74) is 1.09. The molecule has 21 heavy (non-hydrogen) atoms. The van der Waals surface area contributed by atoms with Gasteiger partial charge in [-0.05, 0) is 55.8 Å². The van der Waals surface area contributed by atoms with Crippen molar-refractivity contribution in [2.75, 3.05) is 14.2 Å². The molecule has 0 radical (unpaired) electrons. The Morgan fingerprint density at radius 1 is 1.24 bits per heavy atom. The van der Waals surface area contributed by atoms with Gasteiger partial charge in [0, 0.05) is 6.54 Å². The molecule has 1 N–H and O–H groups in total. The average Bonchev–Trinajstić information content (AvgIpc) is 2.45. The molecule has 1 aromatic carbocycles. The van der Waals surface area contributed by atoms with Crippen molar-refractivity contribution in [3.8, 4) is 11.5 Å². The molecule has 0 aliphatic heterocycles. The van der Waals surface area contributed by atoms with Gasteiger partial charge in [0.2, 0.25) is 0 Å². The van der Waals surface area contributed by atoms with Crippen LogP contribution in [0.4, 0.5) is 0 Å². The highest BCUT2D eigenvalue weighted by Crippen LogP contribution is 2.40. The minimum atomic E-state index is 0.234. The first-order chi connectivity index (χ1) is 10.0. The van der Waals surface area contributed by atoms with Crippen molar-refractivity contribution in [1.29, 1.82) is 0 Å². The van der Waals surface area contributed by atoms with Gasteiger partial charge in [-0.1, -0.05) is 25.4 Å². The fourth-order valence-corrected chi connectivity index (χ4v) is 3.24. The lowest BCUT2D eigenvalue weighted by Gasteiger charge is -2.32. The van der Waals surface area contributed by atoms with Crippen LogP contribution in [0.3, 0.4) is 0 Å². The van der Waals surface area contributed by atoms with E-state index in [2.05, 4.69) is 19.2 Å². The van der Waals surface area contributed by atoms with Gasteiger partial charge >= 0.3 is 0 Å². The largest absolute Gasteiger partial charge is 0.493 e. The third-order valence-corrected chi connectivity index (χ3v) is 4.79. The maximum atomic E-state index is 6.40. The van der Waals surface area contributed by atoms with E-state index in [1.807, 2.05) is 19.2 Å². The summed E-state index contributed by atoms with van der Waals surface area (Å²) in [4.78, 5) is 0. The summed E-state index contributed by atoms with van der Waals surface area (Å²) in [6.45, 7) is 5.38. The Morgan fingerprint density at radius 3 is 2.62 bits per heavy atom. The SMILES string of the molecule is CNCc1cc(Cl)c(OC2CCC(C)C(C)C2)c(OC)c1. The number of rotatable bonds is 5. The van der Waals surface area contributed by atoms with Gasteiger partial charge in [-0.3, -0.25) is 0 Å². The highest BCUT2D eigenvalue weighted by molar-refractivity contribution is 6.32. The molecule has 0 heterocycles. The molecule has 0 aromatic heterocycles. The normalized spacial score (nSPS) is 25.7. The first-order valence-corrected chi connectivity index (χ1v) is 8.10. The van der Waals surface area contributed by atoms with Crippen molar-refractivity contribution in [3.63, 3.8) is 0 Å². The molecule has 1 aromatic rings. The Hall–Kier alpha value is -0.930. The van der Waals surface area contributed by atoms with Crippen LogP contribution in [-0.2, 0) is 6.54 Å². The lowest BCUT2D eigenvalue weighted by atomic mass is 9.80. The molecule has 0 bridgehead atoms. The van der Waals surface area contributed by atoms with E-state index in [1.165, 1.54) is 6.42 Å². The Labute approximate surface area is 133 Å². The van der Waals surface area contributed by atoms with Crippen LogP contribution in [0.15, 0.2) is 12.1 Å². The van der Waals surface area contributed by atoms with E-state index in [0.717, 1.165) is 36.6 Å². The van der Waals surface area contributed by atoms with Gasteiger partial charge in [0.15, 0.2) is 11.5 Å². The fraction of sp³-hybridized carbons (Fsp3) is 0.647. The summed E-state index contributed by atoms with van der Waals surface area (Å²) in [6, 6.07) is 3.94. The number of hydrogen-bond donors (Lipinski definition) is 1. The van der Waals surface area contributed by atoms with Gasteiger partial charge in [-0.25, -0.2) is 0 Å². The van der Waals surface area contributed by atoms with Crippen LogP contribution in [0, 0.1) is 11.8 Å². The molecular weight excluding hydrogens is 286 g/mol. The predicted molar refractivity (Wildman–Crippen MR) is 87.4 cm³/mol. The summed E-state index contributed by atoms with van der Waals surface area (Å²) in [6.07, 6.45) is 3.61. The Kier molecular flexibility index (Phi) is 5.77. The van der Waals surface area contributed by atoms with Crippen LogP contribution >= 0.6 is 11.6 Å². The van der Waals surface area contributed by atoms with Crippen molar-refractivity contribution in [2.45, 2.75) is 45.8 Å². The standard InChI is InChI=1S/C17H26ClNO2/c1-11-5-6-14(7-12(11)2)21-17-15(18)8-13(10-19-3)9-16(17)20-4/h8-9,11-12,14,19H,5-7,10H2,1-4H3. The zero-order valence-electron chi connectivity index (χ0n) is 13.4. The first kappa shape index (κ1) is 16.4. The summed E-state index contributed by atoms with van der Waals surface area (Å²) >= 11 is 6.40. The summed E-state index contributed by atoms with van der Waals surface area (Å²) in [5, 5.41) is 3.75. The molecule has 0 amide bonds. The minimum absolute atomic E-state index is 0.234. The number of hydrogen-bond acceptors (Lipinski definition) is 3. The van der Waals surface area contributed by atoms with E-state index in [0.29, 0.717) is 16.7 Å². The molecule has 3 nitrogen and oxygen atoms in total. The van der Waals surface area contributed by atoms with Crippen molar-refractivity contribution in [2.24, 2.45) is 11.8 Å². The molecule has 3 unspecified atom stereocenters. The van der Waals surface area contributed by atoms with E-state index < -0.39 is 0 Å². The molecule has 1 saturated carbocycles. The third-order valence-electron chi connectivity index (χ3n) is 4.50. The van der Waals surface area contributed by atoms with Gasteiger partial charge < -0.3 is 14.8 Å². The Bertz CT molecular complexity index is 478. The lowest BCUT2D eigenvalue weighted by Crippen LogP contribution is -2.29. The predicted octanol–water partition coefficient (Wildman–Crippen LogP) is 4.27. The highest BCUT2D eigenvalue weighted by Gasteiger charge is 2.27. The van der Waals surface area contributed by atoms with E-state index in [9.17, 15) is 0 Å². The molecule has 118 valence electrons. The molecule has 1 fully saturated rings. The molecular formula is C17H26ClNO2. The Balaban J connectivity index is 2.15. The second-order valence-corrected chi connectivity index (χ2v) is 6.55. The Morgan fingerprint density at radius 2 is 2.00 bits per heavy atom. The molecule has 3 atom stereocenters. The minimum Gasteiger partial charge on any atom is -0.493 e. The number of methoxy groups -OCH3 is 1. The zero-order chi connectivity index (χ0) is 15.4. The maximum absolute atomic E-state index is 6.40. The molecule has 2 rings (SSSR count). The fourth-order valence-electron chi connectivity index (χ4n) is 2.97. The molecule has 1 aliphatic rings. The van der Waals surface area contributed by atoms with E-state index >= 15 is 0 Å². The molecule has 4 heteroatoms. The highest BCUT2D eigenvalue weighted by atomic mass is 35.5. The first-order valence-electron chi connectivity index (χ1n) is 7.72. The quantitative estimate of drug-likeness (QED) is 0.881. The van der Waals surface area contributed by atoms with Crippen molar-refractivity contribution in [1.82, 2.24) is 5.32 Å². The topological polar surface area (TPSA) is 30.5 Å². The van der Waals surface area contributed by atoms with Crippen LogP contribution in [0.2, 0.25) is 5.02 Å². The van der Waals surface area contributed by atoms with Gasteiger partial charge in [0.05, 0.1) is 18.2 Å². The van der Waals surface area contributed by atoms with Gasteiger partial charge in [-0.15, -0.1) is 0 Å². The third kappa shape index (κ3) is 4.04. The van der Waals surface area contributed by atoms with E-state index in [-0.39, 0.29) is 6.10 Å². The summed E-state index contributed by atoms with van der Waals surface area (Å²) < 4.78 is 11.6. The van der Waals surface area contributed by atoms with Crippen molar-refractivity contribution >= 4 is 11.6 Å². The van der Waals surface area contributed by atoms with Crippen LogP contribution in [0.5, 0.6) is 11.5 Å². The van der Waals surface area contributed by atoms with Crippen LogP contribution < -0.4 is 14.8 Å². The molecule has 0 spiro atoms. The van der Waals surface area contributed by atoms with Crippen LogP contribution in [0.25, 0.3) is 0 Å². The summed E-state index contributed by atoms with van der Waals surface area (Å²) in [5.74, 6) is 2.88. The average molecular weight is 312 g/mol. The number of benzene rings is 1.